The average molecular weight is 708 g/mol. The molecule has 6 fully saturated rings. The molecule has 0 heterocycles. The van der Waals surface area contributed by atoms with E-state index >= 15 is 0 Å². The number of ether oxygens (including phenoxy) is 1. The first-order valence-electron chi connectivity index (χ1n) is 20.3. The highest BCUT2D eigenvalue weighted by molar-refractivity contribution is 5.19. The first-order chi connectivity index (χ1) is 23.2. The van der Waals surface area contributed by atoms with Gasteiger partial charge in [-0.3, -0.25) is 0 Å². The molecule has 0 saturated heterocycles. The second-order valence-corrected chi connectivity index (χ2v) is 20.4. The van der Waals surface area contributed by atoms with E-state index in [-0.39, 0.29) is 0 Å². The fourth-order valence-corrected chi connectivity index (χ4v) is 15.0. The molecule has 0 aromatic rings. The van der Waals surface area contributed by atoms with E-state index < -0.39 is 61.5 Å². The first-order valence-corrected chi connectivity index (χ1v) is 20.3. The first kappa shape index (κ1) is 39.3. The van der Waals surface area contributed by atoms with Crippen LogP contribution in [0.1, 0.15) is 132 Å². The Bertz CT molecular complexity index is 1220. The molecule has 0 aromatic heterocycles. The van der Waals surface area contributed by atoms with Gasteiger partial charge in [-0.05, 0) is 140 Å². The highest BCUT2D eigenvalue weighted by Gasteiger charge is 2.70. The van der Waals surface area contributed by atoms with Crippen LogP contribution >= 0.6 is 0 Å². The van der Waals surface area contributed by atoms with Gasteiger partial charge in [0, 0.05) is 0 Å². The van der Waals surface area contributed by atoms with Gasteiger partial charge >= 0.3 is 0 Å². The number of aliphatic hydroxyl groups is 7. The van der Waals surface area contributed by atoms with Gasteiger partial charge < -0.3 is 46.2 Å². The fourth-order valence-electron chi connectivity index (χ4n) is 15.0. The van der Waals surface area contributed by atoms with Crippen LogP contribution in [0, 0.1) is 62.6 Å². The summed E-state index contributed by atoms with van der Waals surface area (Å²) in [6, 6.07) is -1.20. The van der Waals surface area contributed by atoms with Crippen molar-refractivity contribution < 1.29 is 40.5 Å². The van der Waals surface area contributed by atoms with E-state index in [9.17, 15) is 35.7 Å². The van der Waals surface area contributed by atoms with Crippen molar-refractivity contribution in [3.63, 3.8) is 0 Å². The summed E-state index contributed by atoms with van der Waals surface area (Å²) in [5.74, 6) is 4.03. The highest BCUT2D eigenvalue weighted by Crippen LogP contribution is 2.78. The quantitative estimate of drug-likeness (QED) is 0.166. The molecular formula is C41H73NO8. The molecule has 9 nitrogen and oxygen atoms in total. The van der Waals surface area contributed by atoms with Crippen molar-refractivity contribution in [2.24, 2.45) is 68.3 Å². The van der Waals surface area contributed by atoms with Gasteiger partial charge in [-0.15, -0.1) is 0 Å². The molecule has 50 heavy (non-hydrogen) atoms. The van der Waals surface area contributed by atoms with Gasteiger partial charge in [0.2, 0.25) is 0 Å². The zero-order valence-corrected chi connectivity index (χ0v) is 32.2. The lowest BCUT2D eigenvalue weighted by molar-refractivity contribution is -0.241. The molecule has 1 unspecified atom stereocenters. The predicted molar refractivity (Wildman–Crippen MR) is 193 cm³/mol. The molecule has 0 spiro atoms. The Morgan fingerprint density at radius 3 is 2.00 bits per heavy atom. The summed E-state index contributed by atoms with van der Waals surface area (Å²) < 4.78 is 5.53. The SMILES string of the molecule is CC(CC[C@@H](O)[C@@H](O)[C@@H](O)CO[C@H]1[C@H](N)[C@@H](O)[C@H](O)[C@@]1(O)CO)[C@H]1CC[C@]2(C)[C@H]3CC[C@@H]4[C@@]5(C)CCCC(C)(C)[C@@H]5CC[C@@]4(C)[C@]3(C)CC[C@@H]12. The Morgan fingerprint density at radius 1 is 0.740 bits per heavy atom. The maximum Gasteiger partial charge on any atom is 0.144 e. The number of hydrogen-bond donors (Lipinski definition) is 8. The highest BCUT2D eigenvalue weighted by atomic mass is 16.5. The molecule has 9 N–H and O–H groups in total. The van der Waals surface area contributed by atoms with Crippen LogP contribution in [-0.4, -0.2) is 97.2 Å². The molecule has 0 aromatic carbocycles. The molecule has 0 aliphatic heterocycles. The molecule has 6 rings (SSSR count). The number of nitrogens with two attached hydrogens (primary N) is 1. The van der Waals surface area contributed by atoms with Crippen LogP contribution in [0.5, 0.6) is 0 Å². The van der Waals surface area contributed by atoms with Crippen molar-refractivity contribution in [1.82, 2.24) is 0 Å². The van der Waals surface area contributed by atoms with Crippen molar-refractivity contribution in [2.75, 3.05) is 13.2 Å². The minimum Gasteiger partial charge on any atom is -0.393 e. The van der Waals surface area contributed by atoms with E-state index in [2.05, 4.69) is 48.5 Å². The Balaban J connectivity index is 1.06. The monoisotopic (exact) mass is 708 g/mol. The van der Waals surface area contributed by atoms with Crippen LogP contribution in [0.25, 0.3) is 0 Å². The Kier molecular flexibility index (Phi) is 10.6. The lowest BCUT2D eigenvalue weighted by Gasteiger charge is -2.73. The molecule has 6 saturated carbocycles. The van der Waals surface area contributed by atoms with Crippen LogP contribution in [0.4, 0.5) is 0 Å². The zero-order chi connectivity index (χ0) is 36.8. The van der Waals surface area contributed by atoms with Crippen LogP contribution in [0.15, 0.2) is 0 Å². The molecule has 0 bridgehead atoms. The van der Waals surface area contributed by atoms with Crippen molar-refractivity contribution in [3.8, 4) is 0 Å². The lowest BCUT2D eigenvalue weighted by atomic mass is 9.32. The smallest absolute Gasteiger partial charge is 0.144 e. The minimum atomic E-state index is -2.20. The van der Waals surface area contributed by atoms with Gasteiger partial charge in [0.25, 0.3) is 0 Å². The van der Waals surface area contributed by atoms with Gasteiger partial charge in [-0.2, -0.15) is 0 Å². The van der Waals surface area contributed by atoms with E-state index in [0.717, 1.165) is 24.2 Å². The average Bonchev–Trinajstić information content (AvgIpc) is 3.49. The van der Waals surface area contributed by atoms with Crippen molar-refractivity contribution in [2.45, 2.75) is 180 Å². The van der Waals surface area contributed by atoms with E-state index in [0.29, 0.717) is 51.2 Å². The molecule has 9 heteroatoms. The summed E-state index contributed by atoms with van der Waals surface area (Å²) in [5, 5.41) is 72.9. The normalized spacial score (nSPS) is 52.3. The molecule has 18 atom stereocenters. The number of hydrogen-bond acceptors (Lipinski definition) is 9. The van der Waals surface area contributed by atoms with Crippen molar-refractivity contribution in [3.05, 3.63) is 0 Å². The van der Waals surface area contributed by atoms with E-state index in [1.807, 2.05) is 0 Å². The summed E-state index contributed by atoms with van der Waals surface area (Å²) in [6.07, 6.45) is 7.11. The molecule has 290 valence electrons. The third-order valence-corrected chi connectivity index (χ3v) is 18.0. The number of fused-ring (bicyclic) bond motifs is 7. The summed E-state index contributed by atoms with van der Waals surface area (Å²) in [4.78, 5) is 0. The lowest BCUT2D eigenvalue weighted by Crippen LogP contribution is -2.65. The van der Waals surface area contributed by atoms with E-state index in [4.69, 9.17) is 10.5 Å². The summed E-state index contributed by atoms with van der Waals surface area (Å²) in [5.41, 5.74) is 5.67. The van der Waals surface area contributed by atoms with Crippen molar-refractivity contribution in [1.29, 1.82) is 0 Å². The molecule has 6 aliphatic rings. The van der Waals surface area contributed by atoms with Gasteiger partial charge in [0.05, 0.1) is 25.4 Å². The molecule has 0 amide bonds. The molecular weight excluding hydrogens is 634 g/mol. The fraction of sp³-hybridized carbons (Fsp3) is 1.00. The third kappa shape index (κ3) is 5.72. The van der Waals surface area contributed by atoms with Gasteiger partial charge in [0.15, 0.2) is 0 Å². The van der Waals surface area contributed by atoms with E-state index in [1.54, 1.807) is 0 Å². The number of aliphatic hydroxyl groups excluding tert-OH is 6. The molecule has 0 radical (unpaired) electrons. The maximum atomic E-state index is 10.9. The second-order valence-electron chi connectivity index (χ2n) is 20.4. The zero-order valence-electron chi connectivity index (χ0n) is 32.2. The van der Waals surface area contributed by atoms with Gasteiger partial charge in [-0.25, -0.2) is 0 Å². The largest absolute Gasteiger partial charge is 0.393 e. The Morgan fingerprint density at radius 2 is 1.36 bits per heavy atom. The van der Waals surface area contributed by atoms with Crippen LogP contribution < -0.4 is 5.73 Å². The van der Waals surface area contributed by atoms with Gasteiger partial charge in [-0.1, -0.05) is 54.9 Å². The second kappa shape index (κ2) is 13.4. The van der Waals surface area contributed by atoms with Crippen LogP contribution in [0.2, 0.25) is 0 Å². The maximum absolute atomic E-state index is 10.9. The standard InChI is InChI=1S/C41H73NO8/c1-23(9-10-26(44)32(46)27(45)21-50-35-31(42)33(47)34(48)41(35,49)22-43)24-13-18-37(4)25(24)14-19-39(6)29(37)11-12-30-38(5)17-8-16-36(2,3)28(38)15-20-40(30,39)7/h23-35,43-49H,8-22,42H2,1-7H3/t23?,24-,25+,26-,27+,28+,29-,30-,31-,32-,33-,34+,35+,37+,38+,39-,40-,41+/m1/s1. The topological polar surface area (TPSA) is 177 Å². The van der Waals surface area contributed by atoms with Crippen molar-refractivity contribution >= 4 is 0 Å². The summed E-state index contributed by atoms with van der Waals surface area (Å²) in [6.45, 7) is 16.8. The van der Waals surface area contributed by atoms with E-state index in [1.165, 1.54) is 70.6 Å². The Labute approximate surface area is 301 Å². The summed E-state index contributed by atoms with van der Waals surface area (Å²) >= 11 is 0. The predicted octanol–water partition coefficient (Wildman–Crippen LogP) is 4.15. The summed E-state index contributed by atoms with van der Waals surface area (Å²) in [7, 11) is 0. The van der Waals surface area contributed by atoms with Gasteiger partial charge in [0.1, 0.15) is 36.1 Å². The minimum absolute atomic E-state index is 0.327. The Hall–Kier alpha value is -0.360. The molecule has 6 aliphatic carbocycles. The number of rotatable bonds is 10. The van der Waals surface area contributed by atoms with Crippen LogP contribution in [-0.2, 0) is 4.74 Å². The third-order valence-electron chi connectivity index (χ3n) is 18.0. The van der Waals surface area contributed by atoms with Crippen LogP contribution in [0.3, 0.4) is 0 Å².